The molecule has 0 spiro atoms. The van der Waals surface area contributed by atoms with Crippen LogP contribution in [0.3, 0.4) is 0 Å². The van der Waals surface area contributed by atoms with Crippen LogP contribution in [0.15, 0.2) is 18.2 Å². The summed E-state index contributed by atoms with van der Waals surface area (Å²) in [5.74, 6) is -0.610. The second-order valence-corrected chi connectivity index (χ2v) is 4.59. The first kappa shape index (κ1) is 16.4. The lowest BCUT2D eigenvalue weighted by atomic mass is 10.1. The molecule has 0 unspecified atom stereocenters. The third-order valence-electron chi connectivity index (χ3n) is 2.70. The van der Waals surface area contributed by atoms with Gasteiger partial charge in [-0.1, -0.05) is 0 Å². The minimum Gasteiger partial charge on any atom is -0.377 e. The number of nitro benzene ring substituents is 1. The van der Waals surface area contributed by atoms with Crippen LogP contribution in [0.5, 0.6) is 0 Å². The Balaban J connectivity index is 2.87. The summed E-state index contributed by atoms with van der Waals surface area (Å²) in [7, 11) is 3.49. The second-order valence-electron chi connectivity index (χ2n) is 4.59. The lowest BCUT2D eigenvalue weighted by molar-refractivity contribution is -0.384. The van der Waals surface area contributed by atoms with Gasteiger partial charge in [0, 0.05) is 51.9 Å². The summed E-state index contributed by atoms with van der Waals surface area (Å²) in [6, 6.07) is 4.12. The molecule has 21 heavy (non-hydrogen) atoms. The van der Waals surface area contributed by atoms with E-state index in [1.165, 1.54) is 25.1 Å². The normalized spacial score (nSPS) is 9.86. The van der Waals surface area contributed by atoms with Crippen molar-refractivity contribution in [2.24, 2.45) is 0 Å². The number of rotatable bonds is 6. The van der Waals surface area contributed by atoms with Gasteiger partial charge in [-0.2, -0.15) is 0 Å². The predicted molar refractivity (Wildman–Crippen MR) is 78.4 cm³/mol. The predicted octanol–water partition coefficient (Wildman–Crippen LogP) is 0.527. The van der Waals surface area contributed by atoms with Crippen LogP contribution in [0.25, 0.3) is 0 Å². The number of non-ortho nitro benzene ring substituents is 1. The Hall–Kier alpha value is -2.64. The fraction of sp³-hybridized carbons (Fsp3) is 0.385. The van der Waals surface area contributed by atoms with Crippen molar-refractivity contribution in [3.05, 3.63) is 33.9 Å². The number of nitro groups is 1. The highest BCUT2D eigenvalue weighted by Crippen LogP contribution is 2.24. The molecule has 8 nitrogen and oxygen atoms in total. The molecule has 0 aliphatic heterocycles. The largest absolute Gasteiger partial charge is 0.377 e. The maximum atomic E-state index is 12.1. The van der Waals surface area contributed by atoms with E-state index in [1.54, 1.807) is 19.0 Å². The van der Waals surface area contributed by atoms with Crippen molar-refractivity contribution in [1.29, 1.82) is 0 Å². The quantitative estimate of drug-likeness (QED) is 0.452. The second kappa shape index (κ2) is 7.22. The summed E-state index contributed by atoms with van der Waals surface area (Å²) in [5, 5.41) is 16.0. The number of carbonyl (C=O) groups is 2. The molecule has 0 aliphatic rings. The molecule has 1 rings (SSSR count). The van der Waals surface area contributed by atoms with Crippen molar-refractivity contribution in [3.8, 4) is 0 Å². The number of hydrogen-bond acceptors (Lipinski definition) is 5. The van der Waals surface area contributed by atoms with E-state index in [1.807, 2.05) is 0 Å². The fourth-order valence-electron chi connectivity index (χ4n) is 1.72. The van der Waals surface area contributed by atoms with Gasteiger partial charge in [0.05, 0.1) is 10.5 Å². The first-order valence-corrected chi connectivity index (χ1v) is 6.31. The van der Waals surface area contributed by atoms with Crippen LogP contribution >= 0.6 is 0 Å². The molecule has 0 aromatic heterocycles. The van der Waals surface area contributed by atoms with Gasteiger partial charge < -0.3 is 15.5 Å². The number of anilines is 1. The van der Waals surface area contributed by atoms with Crippen molar-refractivity contribution < 1.29 is 14.5 Å². The Kier molecular flexibility index (Phi) is 5.65. The number of benzene rings is 1. The van der Waals surface area contributed by atoms with Crippen molar-refractivity contribution in [3.63, 3.8) is 0 Å². The Morgan fingerprint density at radius 1 is 1.24 bits per heavy atom. The zero-order valence-electron chi connectivity index (χ0n) is 12.2. The van der Waals surface area contributed by atoms with E-state index >= 15 is 0 Å². The lowest BCUT2D eigenvalue weighted by Gasteiger charge is -2.17. The van der Waals surface area contributed by atoms with E-state index in [0.29, 0.717) is 12.2 Å². The van der Waals surface area contributed by atoms with E-state index < -0.39 is 10.8 Å². The molecule has 2 N–H and O–H groups in total. The molecule has 0 fully saturated rings. The summed E-state index contributed by atoms with van der Waals surface area (Å²) in [6.07, 6.45) is 0. The minimum absolute atomic E-state index is 0.146. The van der Waals surface area contributed by atoms with Crippen molar-refractivity contribution in [2.45, 2.75) is 6.92 Å². The van der Waals surface area contributed by atoms with Gasteiger partial charge in [0.2, 0.25) is 5.91 Å². The molecule has 0 bridgehead atoms. The van der Waals surface area contributed by atoms with E-state index in [0.717, 1.165) is 0 Å². The topological polar surface area (TPSA) is 105 Å². The summed E-state index contributed by atoms with van der Waals surface area (Å²) in [6.45, 7) is 1.92. The molecule has 0 aliphatic carbocycles. The third-order valence-corrected chi connectivity index (χ3v) is 2.70. The van der Waals surface area contributed by atoms with Crippen LogP contribution in [0.4, 0.5) is 11.4 Å². The highest BCUT2D eigenvalue weighted by atomic mass is 16.6. The number of nitrogens with one attached hydrogen (secondary N) is 2. The van der Waals surface area contributed by atoms with Crippen molar-refractivity contribution in [2.75, 3.05) is 32.1 Å². The highest BCUT2D eigenvalue weighted by molar-refractivity contribution is 6.00. The zero-order valence-corrected chi connectivity index (χ0v) is 12.2. The van der Waals surface area contributed by atoms with E-state index in [9.17, 15) is 19.7 Å². The van der Waals surface area contributed by atoms with Crippen LogP contribution in [0, 0.1) is 10.1 Å². The first-order chi connectivity index (χ1) is 9.82. The number of nitrogens with zero attached hydrogens (tertiary/aromatic N) is 2. The third kappa shape index (κ3) is 4.75. The number of amides is 2. The maximum Gasteiger partial charge on any atom is 0.270 e. The molecular weight excluding hydrogens is 276 g/mol. The van der Waals surface area contributed by atoms with E-state index in [4.69, 9.17) is 0 Å². The summed E-state index contributed by atoms with van der Waals surface area (Å²) in [5.41, 5.74) is 0.655. The van der Waals surface area contributed by atoms with Gasteiger partial charge in [0.15, 0.2) is 0 Å². The van der Waals surface area contributed by atoms with Crippen LogP contribution in [-0.2, 0) is 4.79 Å². The van der Waals surface area contributed by atoms with Crippen LogP contribution in [0.1, 0.15) is 17.3 Å². The molecule has 1 aromatic carbocycles. The summed E-state index contributed by atoms with van der Waals surface area (Å²) < 4.78 is 0. The lowest BCUT2D eigenvalue weighted by Crippen LogP contribution is -2.34. The van der Waals surface area contributed by atoms with Crippen LogP contribution < -0.4 is 15.5 Å². The van der Waals surface area contributed by atoms with Crippen molar-refractivity contribution in [1.82, 2.24) is 10.6 Å². The molecule has 1 aromatic rings. The molecule has 0 radical (unpaired) electrons. The molecule has 8 heteroatoms. The van der Waals surface area contributed by atoms with Gasteiger partial charge >= 0.3 is 0 Å². The fourth-order valence-corrected chi connectivity index (χ4v) is 1.72. The Morgan fingerprint density at radius 2 is 1.86 bits per heavy atom. The molecule has 0 heterocycles. The van der Waals surface area contributed by atoms with Gasteiger partial charge in [0.25, 0.3) is 11.6 Å². The average molecular weight is 294 g/mol. The molecule has 0 saturated heterocycles. The van der Waals surface area contributed by atoms with E-state index in [-0.39, 0.29) is 23.7 Å². The number of carbonyl (C=O) groups excluding carboxylic acids is 2. The van der Waals surface area contributed by atoms with E-state index in [2.05, 4.69) is 10.6 Å². The smallest absolute Gasteiger partial charge is 0.270 e. The Bertz CT molecular complexity index is 557. The first-order valence-electron chi connectivity index (χ1n) is 6.31. The molecule has 0 saturated carbocycles. The van der Waals surface area contributed by atoms with Crippen molar-refractivity contribution >= 4 is 23.2 Å². The van der Waals surface area contributed by atoms with Gasteiger partial charge in [-0.15, -0.1) is 0 Å². The van der Waals surface area contributed by atoms with Gasteiger partial charge in [0.1, 0.15) is 0 Å². The highest BCUT2D eigenvalue weighted by Gasteiger charge is 2.17. The monoisotopic (exact) mass is 294 g/mol. The average Bonchev–Trinajstić information content (AvgIpc) is 2.42. The van der Waals surface area contributed by atoms with Crippen LogP contribution in [0.2, 0.25) is 0 Å². The Morgan fingerprint density at radius 3 is 2.38 bits per heavy atom. The number of hydrogen-bond donors (Lipinski definition) is 2. The molecular formula is C13H18N4O4. The SMILES string of the molecule is CC(=O)NCCNC(=O)c1cc([N+](=O)[O-])ccc1N(C)C. The summed E-state index contributed by atoms with van der Waals surface area (Å²) in [4.78, 5) is 34.8. The molecule has 2 amide bonds. The standard InChI is InChI=1S/C13H18N4O4/c1-9(18)14-6-7-15-13(19)11-8-10(17(20)21)4-5-12(11)16(2)3/h4-5,8H,6-7H2,1-3H3,(H,14,18)(H,15,19). The minimum atomic E-state index is -0.548. The van der Waals surface area contributed by atoms with Gasteiger partial charge in [-0.25, -0.2) is 0 Å². The van der Waals surface area contributed by atoms with Gasteiger partial charge in [-0.05, 0) is 6.07 Å². The summed E-state index contributed by atoms with van der Waals surface area (Å²) >= 11 is 0. The zero-order chi connectivity index (χ0) is 16.0. The maximum absolute atomic E-state index is 12.1. The Labute approximate surface area is 122 Å². The van der Waals surface area contributed by atoms with Crippen LogP contribution in [-0.4, -0.2) is 43.9 Å². The van der Waals surface area contributed by atoms with Gasteiger partial charge in [-0.3, -0.25) is 19.7 Å². The molecule has 114 valence electrons. The molecule has 0 atom stereocenters.